The molecule has 0 fully saturated rings. The molecule has 1 aromatic heterocycles. The van der Waals surface area contributed by atoms with Gasteiger partial charge in [0.15, 0.2) is 0 Å². The van der Waals surface area contributed by atoms with Crippen molar-refractivity contribution in [2.24, 2.45) is 0 Å². The average molecular weight is 290 g/mol. The van der Waals surface area contributed by atoms with E-state index in [-0.39, 0.29) is 18.0 Å². The highest BCUT2D eigenvalue weighted by molar-refractivity contribution is 7.10. The van der Waals surface area contributed by atoms with E-state index >= 15 is 0 Å². The Morgan fingerprint density at radius 3 is 3.15 bits per heavy atom. The Hall–Kier alpha value is -1.13. The Balaban J connectivity index is 1.87. The van der Waals surface area contributed by atoms with Gasteiger partial charge in [-0.1, -0.05) is 18.6 Å². The zero-order valence-corrected chi connectivity index (χ0v) is 12.8. The number of hydrogen-bond acceptors (Lipinski definition) is 3. The Labute approximate surface area is 124 Å². The summed E-state index contributed by atoms with van der Waals surface area (Å²) >= 11 is 1.70. The first-order chi connectivity index (χ1) is 9.81. The molecule has 3 nitrogen and oxygen atoms in total. The number of rotatable bonds is 2. The summed E-state index contributed by atoms with van der Waals surface area (Å²) in [7, 11) is 1.89. The van der Waals surface area contributed by atoms with Gasteiger partial charge in [0.25, 0.3) is 0 Å². The van der Waals surface area contributed by atoms with Crippen LogP contribution in [0.5, 0.6) is 0 Å². The topological polar surface area (TPSA) is 32.3 Å². The molecule has 20 heavy (non-hydrogen) atoms. The summed E-state index contributed by atoms with van der Waals surface area (Å²) in [6, 6.07) is 2.29. The number of hydrogen-bond donors (Lipinski definition) is 1. The lowest BCUT2D eigenvalue weighted by Crippen LogP contribution is -2.44. The van der Waals surface area contributed by atoms with Crippen molar-refractivity contribution >= 4 is 17.2 Å². The van der Waals surface area contributed by atoms with Gasteiger partial charge < -0.3 is 10.2 Å². The highest BCUT2D eigenvalue weighted by Gasteiger charge is 2.33. The van der Waals surface area contributed by atoms with Crippen molar-refractivity contribution < 1.29 is 4.79 Å². The third-order valence-corrected chi connectivity index (χ3v) is 5.39. The van der Waals surface area contributed by atoms with Gasteiger partial charge in [0.1, 0.15) is 6.04 Å². The van der Waals surface area contributed by atoms with E-state index in [9.17, 15) is 4.79 Å². The molecule has 0 saturated carbocycles. The molecule has 1 aromatic rings. The Bertz CT molecular complexity index is 508. The van der Waals surface area contributed by atoms with Crippen molar-refractivity contribution in [1.82, 2.24) is 10.2 Å². The third kappa shape index (κ3) is 2.54. The van der Waals surface area contributed by atoms with Gasteiger partial charge >= 0.3 is 0 Å². The smallest absolute Gasteiger partial charge is 0.245 e. The molecule has 1 amide bonds. The lowest BCUT2D eigenvalue weighted by molar-refractivity contribution is -0.134. The van der Waals surface area contributed by atoms with Crippen LogP contribution in [-0.2, 0) is 11.2 Å². The third-order valence-electron chi connectivity index (χ3n) is 4.36. The van der Waals surface area contributed by atoms with Crippen molar-refractivity contribution in [1.29, 1.82) is 0 Å². The molecule has 4 heteroatoms. The Morgan fingerprint density at radius 2 is 2.30 bits per heavy atom. The van der Waals surface area contributed by atoms with Crippen LogP contribution in [-0.4, -0.2) is 30.4 Å². The van der Waals surface area contributed by atoms with E-state index in [0.29, 0.717) is 0 Å². The van der Waals surface area contributed by atoms with E-state index in [4.69, 9.17) is 0 Å². The molecule has 0 aromatic carbocycles. The van der Waals surface area contributed by atoms with E-state index < -0.39 is 0 Å². The maximum atomic E-state index is 12.9. The van der Waals surface area contributed by atoms with Gasteiger partial charge in [0.2, 0.25) is 5.91 Å². The molecule has 0 radical (unpaired) electrons. The minimum atomic E-state index is -0.163. The Morgan fingerprint density at radius 1 is 1.40 bits per heavy atom. The number of allylic oxidation sites excluding steroid dienone is 1. The molecule has 1 aliphatic heterocycles. The van der Waals surface area contributed by atoms with Crippen molar-refractivity contribution in [3.8, 4) is 0 Å². The fourth-order valence-corrected chi connectivity index (χ4v) is 4.30. The molecule has 108 valence electrons. The van der Waals surface area contributed by atoms with Crippen LogP contribution in [0, 0.1) is 0 Å². The van der Waals surface area contributed by atoms with Crippen LogP contribution in [0.4, 0.5) is 0 Å². The number of carbonyl (C=O) groups is 1. The van der Waals surface area contributed by atoms with E-state index in [1.54, 1.807) is 11.3 Å². The summed E-state index contributed by atoms with van der Waals surface area (Å²) in [5, 5.41) is 5.32. The predicted octanol–water partition coefficient (Wildman–Crippen LogP) is 2.89. The zero-order valence-electron chi connectivity index (χ0n) is 12.0. The number of carbonyl (C=O) groups excluding carboxylic acids is 1. The van der Waals surface area contributed by atoms with Crippen LogP contribution in [0.25, 0.3) is 0 Å². The van der Waals surface area contributed by atoms with Crippen molar-refractivity contribution in [2.75, 3.05) is 13.6 Å². The lowest BCUT2D eigenvalue weighted by atomic mass is 10.1. The summed E-state index contributed by atoms with van der Waals surface area (Å²) in [5.74, 6) is 0.241. The number of fused-ring (bicyclic) bond motifs is 1. The highest BCUT2D eigenvalue weighted by Crippen LogP contribution is 2.31. The molecule has 1 aliphatic carbocycles. The second-order valence-electron chi connectivity index (χ2n) is 5.59. The van der Waals surface area contributed by atoms with Crippen LogP contribution in [0.2, 0.25) is 0 Å². The number of thiophene rings is 1. The largest absolute Gasteiger partial charge is 0.334 e. The fraction of sp³-hybridized carbons (Fsp3) is 0.562. The second-order valence-corrected chi connectivity index (χ2v) is 6.54. The summed E-state index contributed by atoms with van der Waals surface area (Å²) < 4.78 is 0. The zero-order chi connectivity index (χ0) is 13.9. The molecule has 1 N–H and O–H groups in total. The monoisotopic (exact) mass is 290 g/mol. The van der Waals surface area contributed by atoms with E-state index in [1.165, 1.54) is 23.3 Å². The molecule has 0 saturated heterocycles. The van der Waals surface area contributed by atoms with Crippen molar-refractivity contribution in [3.05, 3.63) is 34.0 Å². The molecule has 2 heterocycles. The van der Waals surface area contributed by atoms with Crippen LogP contribution in [0.1, 0.15) is 42.2 Å². The van der Waals surface area contributed by atoms with Gasteiger partial charge in [-0.3, -0.25) is 4.79 Å². The molecule has 0 spiro atoms. The summed E-state index contributed by atoms with van der Waals surface area (Å²) in [4.78, 5) is 16.2. The van der Waals surface area contributed by atoms with Gasteiger partial charge in [-0.2, -0.15) is 0 Å². The van der Waals surface area contributed by atoms with Gasteiger partial charge in [0.05, 0.1) is 6.04 Å². The quantitative estimate of drug-likeness (QED) is 0.849. The normalized spacial score (nSPS) is 27.1. The molecule has 2 atom stereocenters. The maximum Gasteiger partial charge on any atom is 0.245 e. The fourth-order valence-electron chi connectivity index (χ4n) is 3.25. The molecular weight excluding hydrogens is 268 g/mol. The SMILES string of the molecule is CNC1C(=O)N(C2C=CCCCC2)CCc2ccsc21. The first kappa shape index (κ1) is 13.8. The first-order valence-corrected chi connectivity index (χ1v) is 8.40. The lowest BCUT2D eigenvalue weighted by Gasteiger charge is -2.30. The standard InChI is InChI=1S/C16H22N2OS/c1-17-14-15-12(9-11-20-15)8-10-18(16(14)19)13-6-4-2-3-5-7-13/h4,6,9,11,13-14,17H,2-3,5,7-8,10H2,1H3. The minimum absolute atomic E-state index is 0.163. The van der Waals surface area contributed by atoms with Crippen LogP contribution in [0.15, 0.2) is 23.6 Å². The van der Waals surface area contributed by atoms with Gasteiger partial charge in [-0.25, -0.2) is 0 Å². The highest BCUT2D eigenvalue weighted by atomic mass is 32.1. The van der Waals surface area contributed by atoms with Crippen molar-refractivity contribution in [3.63, 3.8) is 0 Å². The first-order valence-electron chi connectivity index (χ1n) is 7.52. The van der Waals surface area contributed by atoms with Crippen LogP contribution >= 0.6 is 11.3 Å². The number of nitrogens with one attached hydrogen (secondary N) is 1. The molecule has 2 unspecified atom stereocenters. The molecular formula is C16H22N2OS. The second kappa shape index (κ2) is 6.10. The van der Waals surface area contributed by atoms with E-state index in [2.05, 4.69) is 33.8 Å². The van der Waals surface area contributed by atoms with Crippen molar-refractivity contribution in [2.45, 2.75) is 44.2 Å². The van der Waals surface area contributed by atoms with Gasteiger partial charge in [-0.15, -0.1) is 11.3 Å². The molecule has 3 rings (SSSR count). The van der Waals surface area contributed by atoms with Gasteiger partial charge in [0, 0.05) is 11.4 Å². The average Bonchev–Trinajstić information content (AvgIpc) is 2.69. The van der Waals surface area contributed by atoms with E-state index in [1.807, 2.05) is 7.05 Å². The van der Waals surface area contributed by atoms with Crippen LogP contribution < -0.4 is 5.32 Å². The predicted molar refractivity (Wildman–Crippen MR) is 82.9 cm³/mol. The van der Waals surface area contributed by atoms with Crippen LogP contribution in [0.3, 0.4) is 0 Å². The number of amides is 1. The number of likely N-dealkylation sites (N-methyl/N-ethyl adjacent to an activating group) is 1. The minimum Gasteiger partial charge on any atom is -0.334 e. The van der Waals surface area contributed by atoms with Gasteiger partial charge in [-0.05, 0) is 49.7 Å². The molecule has 2 aliphatic rings. The maximum absolute atomic E-state index is 12.9. The van der Waals surface area contributed by atoms with E-state index in [0.717, 1.165) is 25.8 Å². The molecule has 0 bridgehead atoms. The summed E-state index contributed by atoms with van der Waals surface area (Å²) in [5.41, 5.74) is 1.34. The summed E-state index contributed by atoms with van der Waals surface area (Å²) in [6.45, 7) is 0.843. The summed E-state index contributed by atoms with van der Waals surface area (Å²) in [6.07, 6.45) is 10.2. The number of nitrogens with zero attached hydrogens (tertiary/aromatic N) is 1. The Kier molecular flexibility index (Phi) is 4.22.